The molecule has 0 saturated heterocycles. The Morgan fingerprint density at radius 1 is 1.30 bits per heavy atom. The van der Waals surface area contributed by atoms with E-state index in [1.165, 1.54) is 13.2 Å². The minimum Gasteiger partial charge on any atom is -0.507 e. The molecule has 0 atom stereocenters. The van der Waals surface area contributed by atoms with Gasteiger partial charge in [-0.1, -0.05) is 0 Å². The van der Waals surface area contributed by atoms with E-state index in [0.29, 0.717) is 27.2 Å². The molecule has 0 aliphatic rings. The maximum atomic E-state index is 12.1. The van der Waals surface area contributed by atoms with Gasteiger partial charge in [-0.15, -0.1) is 0 Å². The third-order valence-corrected chi connectivity index (χ3v) is 3.39. The number of carbonyl (C=O) groups is 1. The van der Waals surface area contributed by atoms with Crippen LogP contribution in [-0.2, 0) is 0 Å². The van der Waals surface area contributed by atoms with Gasteiger partial charge in [-0.05, 0) is 46.3 Å². The van der Waals surface area contributed by atoms with Gasteiger partial charge in [0.25, 0.3) is 5.91 Å². The first-order valence-electron chi connectivity index (χ1n) is 5.74. The smallest absolute Gasteiger partial charge is 0.255 e. The van der Waals surface area contributed by atoms with Crippen LogP contribution in [0.4, 0.5) is 11.4 Å². The number of nitrogens with one attached hydrogen (secondary N) is 1. The fraction of sp³-hybridized carbons (Fsp3) is 0.0714. The summed E-state index contributed by atoms with van der Waals surface area (Å²) in [4.78, 5) is 12.1. The van der Waals surface area contributed by atoms with Gasteiger partial charge in [0.15, 0.2) is 0 Å². The molecule has 1 amide bonds. The monoisotopic (exact) mass is 336 g/mol. The Morgan fingerprint density at radius 3 is 2.65 bits per heavy atom. The lowest BCUT2D eigenvalue weighted by molar-refractivity contribution is 0.102. The van der Waals surface area contributed by atoms with Crippen LogP contribution in [0.3, 0.4) is 0 Å². The Balaban J connectivity index is 2.21. The predicted molar refractivity (Wildman–Crippen MR) is 81.2 cm³/mol. The number of hydrogen-bond donors (Lipinski definition) is 3. The fourth-order valence-electron chi connectivity index (χ4n) is 1.63. The molecule has 2 rings (SSSR count). The predicted octanol–water partition coefficient (Wildman–Crippen LogP) is 3.00. The Labute approximate surface area is 124 Å². The molecular formula is C14H13BrN2O3. The highest BCUT2D eigenvalue weighted by Crippen LogP contribution is 2.27. The molecule has 0 aliphatic heterocycles. The Hall–Kier alpha value is -2.21. The summed E-state index contributed by atoms with van der Waals surface area (Å²) in [5.41, 5.74) is 7.05. The van der Waals surface area contributed by atoms with Gasteiger partial charge in [-0.2, -0.15) is 0 Å². The lowest BCUT2D eigenvalue weighted by Crippen LogP contribution is -2.13. The van der Waals surface area contributed by atoms with Crippen LogP contribution >= 0.6 is 15.9 Å². The normalized spacial score (nSPS) is 10.1. The lowest BCUT2D eigenvalue weighted by atomic mass is 10.2. The summed E-state index contributed by atoms with van der Waals surface area (Å²) in [7, 11) is 1.54. The highest BCUT2D eigenvalue weighted by atomic mass is 79.9. The van der Waals surface area contributed by atoms with Gasteiger partial charge in [0, 0.05) is 11.6 Å². The van der Waals surface area contributed by atoms with E-state index in [-0.39, 0.29) is 11.7 Å². The number of benzene rings is 2. The van der Waals surface area contributed by atoms with Crippen LogP contribution in [0.15, 0.2) is 40.9 Å². The summed E-state index contributed by atoms with van der Waals surface area (Å²) in [6.07, 6.45) is 0. The van der Waals surface area contributed by atoms with E-state index in [2.05, 4.69) is 21.2 Å². The number of aromatic hydroxyl groups is 1. The van der Waals surface area contributed by atoms with E-state index < -0.39 is 0 Å². The summed E-state index contributed by atoms with van der Waals surface area (Å²) < 4.78 is 5.56. The SMILES string of the molecule is COc1ccc(NC(=O)c2ccc(Br)c(O)c2)c(N)c1. The lowest BCUT2D eigenvalue weighted by Gasteiger charge is -2.10. The van der Waals surface area contributed by atoms with Gasteiger partial charge in [-0.3, -0.25) is 4.79 Å². The van der Waals surface area contributed by atoms with E-state index >= 15 is 0 Å². The van der Waals surface area contributed by atoms with Crippen molar-refractivity contribution in [2.75, 3.05) is 18.2 Å². The number of phenolic OH excluding ortho intramolecular Hbond substituents is 1. The molecule has 0 bridgehead atoms. The molecule has 0 fully saturated rings. The molecule has 0 saturated carbocycles. The molecule has 0 aromatic heterocycles. The molecule has 0 spiro atoms. The summed E-state index contributed by atoms with van der Waals surface area (Å²) in [6.45, 7) is 0. The number of rotatable bonds is 3. The summed E-state index contributed by atoms with van der Waals surface area (Å²) in [5.74, 6) is 0.256. The number of anilines is 2. The zero-order chi connectivity index (χ0) is 14.7. The van der Waals surface area contributed by atoms with E-state index in [0.717, 1.165) is 0 Å². The number of methoxy groups -OCH3 is 1. The van der Waals surface area contributed by atoms with Crippen LogP contribution in [0, 0.1) is 0 Å². The molecule has 2 aromatic carbocycles. The van der Waals surface area contributed by atoms with E-state index in [1.807, 2.05) is 0 Å². The van der Waals surface area contributed by atoms with Crippen molar-refractivity contribution in [3.8, 4) is 11.5 Å². The Bertz CT molecular complexity index is 659. The Kier molecular flexibility index (Phi) is 4.14. The molecule has 104 valence electrons. The number of carbonyl (C=O) groups excluding carboxylic acids is 1. The van der Waals surface area contributed by atoms with Crippen molar-refractivity contribution < 1.29 is 14.6 Å². The second kappa shape index (κ2) is 5.83. The van der Waals surface area contributed by atoms with Crippen LogP contribution in [0.1, 0.15) is 10.4 Å². The van der Waals surface area contributed by atoms with Gasteiger partial charge in [0.1, 0.15) is 11.5 Å². The minimum absolute atomic E-state index is 0.000327. The van der Waals surface area contributed by atoms with Crippen LogP contribution in [0.2, 0.25) is 0 Å². The van der Waals surface area contributed by atoms with Gasteiger partial charge in [0.2, 0.25) is 0 Å². The van der Waals surface area contributed by atoms with E-state index in [4.69, 9.17) is 10.5 Å². The summed E-state index contributed by atoms with van der Waals surface area (Å²) in [6, 6.07) is 9.55. The number of ether oxygens (including phenoxy) is 1. The van der Waals surface area contributed by atoms with Crippen LogP contribution in [-0.4, -0.2) is 18.1 Å². The number of amides is 1. The van der Waals surface area contributed by atoms with Gasteiger partial charge < -0.3 is 20.9 Å². The van der Waals surface area contributed by atoms with Crippen molar-refractivity contribution in [2.45, 2.75) is 0 Å². The third kappa shape index (κ3) is 3.03. The fourth-order valence-corrected chi connectivity index (χ4v) is 1.88. The molecule has 20 heavy (non-hydrogen) atoms. The molecular weight excluding hydrogens is 324 g/mol. The van der Waals surface area contributed by atoms with Gasteiger partial charge in [0.05, 0.1) is 23.0 Å². The van der Waals surface area contributed by atoms with E-state index in [9.17, 15) is 9.90 Å². The average Bonchev–Trinajstić information content (AvgIpc) is 2.43. The highest BCUT2D eigenvalue weighted by molar-refractivity contribution is 9.10. The second-order valence-electron chi connectivity index (χ2n) is 4.07. The van der Waals surface area contributed by atoms with Gasteiger partial charge >= 0.3 is 0 Å². The van der Waals surface area contributed by atoms with Crippen molar-refractivity contribution >= 4 is 33.2 Å². The van der Waals surface area contributed by atoms with Crippen LogP contribution in [0.25, 0.3) is 0 Å². The first-order chi connectivity index (χ1) is 9.51. The Morgan fingerprint density at radius 2 is 2.05 bits per heavy atom. The first kappa shape index (κ1) is 14.2. The van der Waals surface area contributed by atoms with E-state index in [1.54, 1.807) is 30.3 Å². The molecule has 0 radical (unpaired) electrons. The molecule has 0 aliphatic carbocycles. The van der Waals surface area contributed by atoms with Crippen LogP contribution in [0.5, 0.6) is 11.5 Å². The number of nitrogen functional groups attached to an aromatic ring is 1. The molecule has 0 heterocycles. The molecule has 6 heteroatoms. The zero-order valence-electron chi connectivity index (χ0n) is 10.7. The first-order valence-corrected chi connectivity index (χ1v) is 6.54. The number of phenols is 1. The second-order valence-corrected chi connectivity index (χ2v) is 4.93. The van der Waals surface area contributed by atoms with Gasteiger partial charge in [-0.25, -0.2) is 0 Å². The summed E-state index contributed by atoms with van der Waals surface area (Å²) >= 11 is 3.16. The number of halogens is 1. The molecule has 4 N–H and O–H groups in total. The molecule has 2 aromatic rings. The largest absolute Gasteiger partial charge is 0.507 e. The maximum absolute atomic E-state index is 12.1. The number of hydrogen-bond acceptors (Lipinski definition) is 4. The van der Waals surface area contributed by atoms with Crippen LogP contribution < -0.4 is 15.8 Å². The summed E-state index contributed by atoms with van der Waals surface area (Å²) in [5, 5.41) is 12.2. The standard InChI is InChI=1S/C14H13BrN2O3/c1-20-9-3-5-12(11(16)7-9)17-14(19)8-2-4-10(15)13(18)6-8/h2-7,18H,16H2,1H3,(H,17,19). The third-order valence-electron chi connectivity index (χ3n) is 2.72. The molecule has 5 nitrogen and oxygen atoms in total. The topological polar surface area (TPSA) is 84.6 Å². The van der Waals surface area contributed by atoms with Crippen molar-refractivity contribution in [3.05, 3.63) is 46.4 Å². The number of nitrogens with two attached hydrogens (primary N) is 1. The average molecular weight is 337 g/mol. The van der Waals surface area contributed by atoms with Crippen molar-refractivity contribution in [2.24, 2.45) is 0 Å². The molecule has 0 unspecified atom stereocenters. The zero-order valence-corrected chi connectivity index (χ0v) is 12.3. The maximum Gasteiger partial charge on any atom is 0.255 e. The minimum atomic E-state index is -0.357. The quantitative estimate of drug-likeness (QED) is 0.752. The van der Waals surface area contributed by atoms with Crippen molar-refractivity contribution in [3.63, 3.8) is 0 Å². The van der Waals surface area contributed by atoms with Crippen molar-refractivity contribution in [1.29, 1.82) is 0 Å². The van der Waals surface area contributed by atoms with Crippen molar-refractivity contribution in [1.82, 2.24) is 0 Å². The highest BCUT2D eigenvalue weighted by Gasteiger charge is 2.10.